The van der Waals surface area contributed by atoms with E-state index in [1.165, 1.54) is 12.3 Å². The van der Waals surface area contributed by atoms with Gasteiger partial charge < -0.3 is 0 Å². The standard InChI is InChI=1S/C7H5Cl2F2N/c8-3-4-5(9)1-2-12-6(4)7(10)11/h1-2,7H,3H2. The minimum absolute atomic E-state index is 0.0493. The molecule has 5 heteroatoms. The normalized spacial score (nSPS) is 10.8. The highest BCUT2D eigenvalue weighted by Gasteiger charge is 2.15. The van der Waals surface area contributed by atoms with Crippen molar-refractivity contribution in [1.82, 2.24) is 4.98 Å². The van der Waals surface area contributed by atoms with Gasteiger partial charge in [-0.25, -0.2) is 8.78 Å². The maximum absolute atomic E-state index is 12.2. The maximum Gasteiger partial charge on any atom is 0.280 e. The first-order valence-corrected chi connectivity index (χ1v) is 4.05. The van der Waals surface area contributed by atoms with Gasteiger partial charge in [-0.1, -0.05) is 11.6 Å². The molecule has 0 radical (unpaired) electrons. The molecule has 0 aliphatic carbocycles. The molecule has 0 aliphatic rings. The summed E-state index contributed by atoms with van der Waals surface area (Å²) in [5.41, 5.74) is -0.131. The van der Waals surface area contributed by atoms with Crippen molar-refractivity contribution in [2.75, 3.05) is 0 Å². The van der Waals surface area contributed by atoms with E-state index in [-0.39, 0.29) is 22.2 Å². The minimum atomic E-state index is -2.63. The second-order valence-electron chi connectivity index (χ2n) is 2.09. The Morgan fingerprint density at radius 3 is 2.58 bits per heavy atom. The molecule has 0 atom stereocenters. The van der Waals surface area contributed by atoms with Gasteiger partial charge >= 0.3 is 0 Å². The van der Waals surface area contributed by atoms with Crippen molar-refractivity contribution in [3.63, 3.8) is 0 Å². The van der Waals surface area contributed by atoms with Crippen molar-refractivity contribution < 1.29 is 8.78 Å². The van der Waals surface area contributed by atoms with Crippen LogP contribution in [0.2, 0.25) is 5.02 Å². The fourth-order valence-electron chi connectivity index (χ4n) is 0.804. The first-order chi connectivity index (χ1) is 5.66. The van der Waals surface area contributed by atoms with Gasteiger partial charge in [0.1, 0.15) is 5.69 Å². The van der Waals surface area contributed by atoms with Crippen molar-refractivity contribution in [3.05, 3.63) is 28.5 Å². The topological polar surface area (TPSA) is 12.9 Å². The lowest BCUT2D eigenvalue weighted by Crippen LogP contribution is -1.96. The Morgan fingerprint density at radius 1 is 1.50 bits per heavy atom. The monoisotopic (exact) mass is 211 g/mol. The van der Waals surface area contributed by atoms with E-state index in [1.54, 1.807) is 0 Å². The highest BCUT2D eigenvalue weighted by atomic mass is 35.5. The summed E-state index contributed by atoms with van der Waals surface area (Å²) >= 11 is 11.0. The highest BCUT2D eigenvalue weighted by molar-refractivity contribution is 6.32. The van der Waals surface area contributed by atoms with Gasteiger partial charge in [-0.15, -0.1) is 11.6 Å². The lowest BCUT2D eigenvalue weighted by atomic mass is 10.2. The zero-order chi connectivity index (χ0) is 9.14. The molecular weight excluding hydrogens is 207 g/mol. The van der Waals surface area contributed by atoms with Crippen LogP contribution in [0.4, 0.5) is 8.78 Å². The van der Waals surface area contributed by atoms with Crippen LogP contribution < -0.4 is 0 Å². The Bertz CT molecular complexity index is 278. The Kier molecular flexibility index (Phi) is 3.23. The molecular formula is C7H5Cl2F2N. The van der Waals surface area contributed by atoms with Crippen LogP contribution in [0.3, 0.4) is 0 Å². The van der Waals surface area contributed by atoms with Gasteiger partial charge in [-0.3, -0.25) is 4.98 Å². The van der Waals surface area contributed by atoms with Gasteiger partial charge in [-0.05, 0) is 6.07 Å². The summed E-state index contributed by atoms with van der Waals surface area (Å²) in [5, 5.41) is 0.232. The van der Waals surface area contributed by atoms with Crippen molar-refractivity contribution in [3.8, 4) is 0 Å². The van der Waals surface area contributed by atoms with Gasteiger partial charge in [-0.2, -0.15) is 0 Å². The Balaban J connectivity index is 3.18. The molecule has 0 fully saturated rings. The molecule has 0 unspecified atom stereocenters. The quantitative estimate of drug-likeness (QED) is 0.684. The van der Waals surface area contributed by atoms with E-state index in [0.717, 1.165) is 0 Å². The first-order valence-electron chi connectivity index (χ1n) is 3.14. The summed E-state index contributed by atoms with van der Waals surface area (Å²) in [4.78, 5) is 3.49. The molecule has 1 heterocycles. The number of pyridine rings is 1. The highest BCUT2D eigenvalue weighted by Crippen LogP contribution is 2.27. The summed E-state index contributed by atoms with van der Waals surface area (Å²) < 4.78 is 24.4. The number of halogens is 4. The van der Waals surface area contributed by atoms with E-state index in [0.29, 0.717) is 0 Å². The maximum atomic E-state index is 12.2. The summed E-state index contributed by atoms with van der Waals surface area (Å²) in [5.74, 6) is -0.0493. The second kappa shape index (κ2) is 4.01. The largest absolute Gasteiger partial charge is 0.280 e. The number of rotatable bonds is 2. The van der Waals surface area contributed by atoms with E-state index >= 15 is 0 Å². The molecule has 1 aromatic rings. The molecule has 1 nitrogen and oxygen atoms in total. The number of nitrogens with zero attached hydrogens (tertiary/aromatic N) is 1. The van der Waals surface area contributed by atoms with E-state index < -0.39 is 6.43 Å². The molecule has 0 spiro atoms. The molecule has 1 aromatic heterocycles. The molecule has 12 heavy (non-hydrogen) atoms. The summed E-state index contributed by atoms with van der Waals surface area (Å²) in [7, 11) is 0. The van der Waals surface area contributed by atoms with Crippen molar-refractivity contribution in [2.45, 2.75) is 12.3 Å². The van der Waals surface area contributed by atoms with Gasteiger partial charge in [0, 0.05) is 16.8 Å². The van der Waals surface area contributed by atoms with E-state index in [4.69, 9.17) is 23.2 Å². The third-order valence-corrected chi connectivity index (χ3v) is 1.99. The van der Waals surface area contributed by atoms with Gasteiger partial charge in [0.05, 0.1) is 5.88 Å². The Hall–Kier alpha value is -0.410. The number of hydrogen-bond donors (Lipinski definition) is 0. The Morgan fingerprint density at radius 2 is 2.17 bits per heavy atom. The smallest absolute Gasteiger partial charge is 0.255 e. The van der Waals surface area contributed by atoms with Crippen LogP contribution >= 0.6 is 23.2 Å². The van der Waals surface area contributed by atoms with Crippen LogP contribution in [0, 0.1) is 0 Å². The van der Waals surface area contributed by atoms with Crippen LogP contribution in [-0.4, -0.2) is 4.98 Å². The van der Waals surface area contributed by atoms with Crippen LogP contribution in [0.25, 0.3) is 0 Å². The van der Waals surface area contributed by atoms with Crippen LogP contribution in [0.15, 0.2) is 12.3 Å². The number of aromatic nitrogens is 1. The number of hydrogen-bond acceptors (Lipinski definition) is 1. The van der Waals surface area contributed by atoms with Crippen LogP contribution in [-0.2, 0) is 5.88 Å². The SMILES string of the molecule is FC(F)c1nccc(Cl)c1CCl. The van der Waals surface area contributed by atoms with Gasteiger partial charge in [0.2, 0.25) is 0 Å². The minimum Gasteiger partial charge on any atom is -0.255 e. The summed E-state index contributed by atoms with van der Waals surface area (Å²) in [6.07, 6.45) is -1.39. The van der Waals surface area contributed by atoms with Crippen LogP contribution in [0.1, 0.15) is 17.7 Å². The average Bonchev–Trinajstić information content (AvgIpc) is 2.03. The van der Waals surface area contributed by atoms with Crippen LogP contribution in [0.5, 0.6) is 0 Å². The third kappa shape index (κ3) is 1.84. The zero-order valence-electron chi connectivity index (χ0n) is 5.90. The molecule has 66 valence electrons. The first kappa shape index (κ1) is 9.68. The molecule has 0 aromatic carbocycles. The second-order valence-corrected chi connectivity index (χ2v) is 2.77. The average molecular weight is 212 g/mol. The lowest BCUT2D eigenvalue weighted by Gasteiger charge is -2.05. The lowest BCUT2D eigenvalue weighted by molar-refractivity contribution is 0.145. The molecule has 0 saturated carbocycles. The summed E-state index contributed by atoms with van der Waals surface area (Å²) in [6.45, 7) is 0. The van der Waals surface area contributed by atoms with Crippen molar-refractivity contribution in [2.24, 2.45) is 0 Å². The number of alkyl halides is 3. The Labute approximate surface area is 78.3 Å². The van der Waals surface area contributed by atoms with E-state index in [2.05, 4.69) is 4.98 Å². The molecule has 0 bridgehead atoms. The molecule has 1 rings (SSSR count). The van der Waals surface area contributed by atoms with Gasteiger partial charge in [0.15, 0.2) is 0 Å². The third-order valence-electron chi connectivity index (χ3n) is 1.37. The molecule has 0 N–H and O–H groups in total. The van der Waals surface area contributed by atoms with E-state index in [9.17, 15) is 8.78 Å². The summed E-state index contributed by atoms with van der Waals surface area (Å²) in [6, 6.07) is 1.44. The predicted octanol–water partition coefficient (Wildman–Crippen LogP) is 3.41. The fraction of sp³-hybridized carbons (Fsp3) is 0.286. The van der Waals surface area contributed by atoms with E-state index in [1.807, 2.05) is 0 Å². The zero-order valence-corrected chi connectivity index (χ0v) is 7.41. The fourth-order valence-corrected chi connectivity index (χ4v) is 1.37. The molecule has 0 saturated heterocycles. The van der Waals surface area contributed by atoms with Crippen molar-refractivity contribution >= 4 is 23.2 Å². The molecule has 0 aliphatic heterocycles. The molecule has 0 amide bonds. The van der Waals surface area contributed by atoms with Crippen molar-refractivity contribution in [1.29, 1.82) is 0 Å². The van der Waals surface area contributed by atoms with Gasteiger partial charge in [0.25, 0.3) is 6.43 Å². The predicted molar refractivity (Wildman–Crippen MR) is 43.8 cm³/mol.